The Labute approximate surface area is 192 Å². The summed E-state index contributed by atoms with van der Waals surface area (Å²) >= 11 is 0. The second kappa shape index (κ2) is 8.54. The number of benzene rings is 1. The summed E-state index contributed by atoms with van der Waals surface area (Å²) in [5, 5.41) is 7.29. The molecule has 3 aromatic heterocycles. The Balaban J connectivity index is 1.27. The van der Waals surface area contributed by atoms with Gasteiger partial charge in [0.15, 0.2) is 5.82 Å². The van der Waals surface area contributed by atoms with Crippen LogP contribution in [0.1, 0.15) is 40.9 Å². The zero-order valence-corrected chi connectivity index (χ0v) is 18.4. The van der Waals surface area contributed by atoms with Gasteiger partial charge in [-0.2, -0.15) is 18.3 Å². The van der Waals surface area contributed by atoms with Gasteiger partial charge in [-0.15, -0.1) is 0 Å². The monoisotopic (exact) mass is 469 g/mol. The quantitative estimate of drug-likeness (QED) is 0.482. The molecule has 1 aromatic carbocycles. The normalized spacial score (nSPS) is 15.9. The van der Waals surface area contributed by atoms with Crippen LogP contribution in [-0.4, -0.2) is 41.2 Å². The summed E-state index contributed by atoms with van der Waals surface area (Å²) in [5.41, 5.74) is 2.71. The van der Waals surface area contributed by atoms with Crippen LogP contribution >= 0.6 is 0 Å². The number of nitrogens with zero attached hydrogens (tertiary/aromatic N) is 6. The number of carbonyl (C=O) groups is 1. The van der Waals surface area contributed by atoms with Crippen molar-refractivity contribution in [2.45, 2.75) is 45.5 Å². The van der Waals surface area contributed by atoms with Crippen LogP contribution in [0.3, 0.4) is 0 Å². The number of aryl methyl sites for hydroxylation is 2. The number of amides is 1. The van der Waals surface area contributed by atoms with Crippen molar-refractivity contribution in [1.82, 2.24) is 34.4 Å². The highest BCUT2D eigenvalue weighted by atomic mass is 19.4. The first kappa shape index (κ1) is 22.1. The molecule has 8 nitrogen and oxygen atoms in total. The van der Waals surface area contributed by atoms with E-state index in [4.69, 9.17) is 0 Å². The number of halogens is 3. The Bertz CT molecular complexity index is 1340. The minimum absolute atomic E-state index is 0.0141. The second-order valence-electron chi connectivity index (χ2n) is 8.24. The van der Waals surface area contributed by atoms with E-state index in [1.54, 1.807) is 39.7 Å². The van der Waals surface area contributed by atoms with Crippen LogP contribution in [0, 0.1) is 5.92 Å². The van der Waals surface area contributed by atoms with Crippen LogP contribution in [0.2, 0.25) is 0 Å². The van der Waals surface area contributed by atoms with Gasteiger partial charge in [-0.05, 0) is 24.5 Å². The van der Waals surface area contributed by atoms with Gasteiger partial charge in [0.05, 0.1) is 11.6 Å². The highest BCUT2D eigenvalue weighted by Crippen LogP contribution is 2.34. The Morgan fingerprint density at radius 2 is 2.00 bits per heavy atom. The topological polar surface area (TPSA) is 90.0 Å². The molecule has 4 heterocycles. The van der Waals surface area contributed by atoms with E-state index in [1.807, 2.05) is 19.1 Å². The lowest BCUT2D eigenvalue weighted by Gasteiger charge is -2.24. The molecule has 0 unspecified atom stereocenters. The first-order chi connectivity index (χ1) is 16.3. The lowest BCUT2D eigenvalue weighted by molar-refractivity contribution is -0.179. The third kappa shape index (κ3) is 4.13. The molecule has 0 saturated carbocycles. The van der Waals surface area contributed by atoms with E-state index in [0.29, 0.717) is 47.3 Å². The summed E-state index contributed by atoms with van der Waals surface area (Å²) in [7, 11) is 0. The minimum atomic E-state index is -4.22. The van der Waals surface area contributed by atoms with Gasteiger partial charge in [0.25, 0.3) is 5.91 Å². The molecule has 11 heteroatoms. The zero-order chi connectivity index (χ0) is 23.9. The van der Waals surface area contributed by atoms with Crippen molar-refractivity contribution in [3.63, 3.8) is 0 Å². The van der Waals surface area contributed by atoms with Crippen molar-refractivity contribution >= 4 is 11.7 Å². The molecular formula is C23H22F3N7O. The van der Waals surface area contributed by atoms with Gasteiger partial charge in [0, 0.05) is 37.5 Å². The Morgan fingerprint density at radius 1 is 1.21 bits per heavy atom. The molecule has 1 amide bonds. The molecule has 176 valence electrons. The van der Waals surface area contributed by atoms with Crippen molar-refractivity contribution < 1.29 is 18.0 Å². The van der Waals surface area contributed by atoms with E-state index < -0.39 is 12.1 Å². The van der Waals surface area contributed by atoms with Crippen molar-refractivity contribution in [3.8, 4) is 11.4 Å². The molecule has 0 bridgehead atoms. The molecule has 1 aliphatic heterocycles. The average Bonchev–Trinajstić information content (AvgIpc) is 3.43. The molecule has 1 atom stereocenters. The number of alkyl halides is 3. The van der Waals surface area contributed by atoms with E-state index in [0.717, 1.165) is 5.56 Å². The molecular weight excluding hydrogens is 447 g/mol. The maximum atomic E-state index is 13.1. The lowest BCUT2D eigenvalue weighted by Crippen LogP contribution is -2.31. The smallest absolute Gasteiger partial charge is 0.347 e. The molecule has 4 aromatic rings. The number of hydrogen-bond acceptors (Lipinski definition) is 5. The number of carbonyl (C=O) groups excluding carboxylic acids is 1. The summed E-state index contributed by atoms with van der Waals surface area (Å²) in [6.07, 6.45) is -0.371. The van der Waals surface area contributed by atoms with Gasteiger partial charge in [0.2, 0.25) is 5.78 Å². The Morgan fingerprint density at radius 3 is 2.74 bits per heavy atom. The summed E-state index contributed by atoms with van der Waals surface area (Å²) in [4.78, 5) is 25.8. The summed E-state index contributed by atoms with van der Waals surface area (Å²) < 4.78 is 42.4. The Hall–Kier alpha value is -3.76. The van der Waals surface area contributed by atoms with Gasteiger partial charge in [-0.25, -0.2) is 19.6 Å². The highest BCUT2D eigenvalue weighted by Gasteiger charge is 2.42. The molecule has 0 spiro atoms. The standard InChI is InChI=1S/C23H22F3N7O/c1-2-17-19(32-10-3-9-27-22(32)29-17)21(34)28-13-14-4-6-15(7-5-14)20-30-18-12-16(23(24,25)26)8-11-33(18)31-20/h3-7,9-10,16H,2,8,11-13H2,1H3,(H,28,34)/t16-/m0/s1. The molecule has 5 rings (SSSR count). The van der Waals surface area contributed by atoms with Crippen LogP contribution in [0.5, 0.6) is 0 Å². The maximum absolute atomic E-state index is 13.1. The summed E-state index contributed by atoms with van der Waals surface area (Å²) in [5.74, 6) is -0.386. The fraction of sp³-hybridized carbons (Fsp3) is 0.348. The van der Waals surface area contributed by atoms with Crippen LogP contribution < -0.4 is 5.32 Å². The van der Waals surface area contributed by atoms with Gasteiger partial charge in [-0.1, -0.05) is 31.2 Å². The number of rotatable bonds is 5. The van der Waals surface area contributed by atoms with Crippen molar-refractivity contribution in [1.29, 1.82) is 0 Å². The van der Waals surface area contributed by atoms with Crippen molar-refractivity contribution in [3.05, 3.63) is 65.5 Å². The molecule has 1 N–H and O–H groups in total. The fourth-order valence-electron chi connectivity index (χ4n) is 4.16. The van der Waals surface area contributed by atoms with Gasteiger partial charge < -0.3 is 5.32 Å². The van der Waals surface area contributed by atoms with E-state index >= 15 is 0 Å². The first-order valence-corrected chi connectivity index (χ1v) is 11.0. The number of imidazole rings is 1. The summed E-state index contributed by atoms with van der Waals surface area (Å²) in [6, 6.07) is 9.03. The number of hydrogen-bond donors (Lipinski definition) is 1. The molecule has 0 saturated heterocycles. The second-order valence-corrected chi connectivity index (χ2v) is 8.24. The van der Waals surface area contributed by atoms with E-state index in [2.05, 4.69) is 25.4 Å². The molecule has 0 aliphatic carbocycles. The van der Waals surface area contributed by atoms with Crippen LogP contribution in [0.15, 0.2) is 42.7 Å². The summed E-state index contributed by atoms with van der Waals surface area (Å²) in [6.45, 7) is 2.44. The maximum Gasteiger partial charge on any atom is 0.392 e. The minimum Gasteiger partial charge on any atom is -0.347 e. The number of nitrogens with one attached hydrogen (secondary N) is 1. The van der Waals surface area contributed by atoms with Gasteiger partial charge >= 0.3 is 6.18 Å². The van der Waals surface area contributed by atoms with E-state index in [1.165, 1.54) is 0 Å². The lowest BCUT2D eigenvalue weighted by atomic mass is 9.98. The van der Waals surface area contributed by atoms with Crippen molar-refractivity contribution in [2.75, 3.05) is 0 Å². The zero-order valence-electron chi connectivity index (χ0n) is 18.4. The SMILES string of the molecule is CCc1nc2ncccn2c1C(=O)NCc1ccc(-c2nc3n(n2)CC[C@H](C(F)(F)F)C3)cc1. The number of aromatic nitrogens is 6. The van der Waals surface area contributed by atoms with Gasteiger partial charge in [0.1, 0.15) is 11.5 Å². The van der Waals surface area contributed by atoms with E-state index in [-0.39, 0.29) is 25.3 Å². The predicted octanol–water partition coefficient (Wildman–Crippen LogP) is 3.60. The third-order valence-corrected chi connectivity index (χ3v) is 6.02. The first-order valence-electron chi connectivity index (χ1n) is 11.0. The predicted molar refractivity (Wildman–Crippen MR) is 117 cm³/mol. The third-order valence-electron chi connectivity index (χ3n) is 6.02. The largest absolute Gasteiger partial charge is 0.392 e. The molecule has 0 fully saturated rings. The van der Waals surface area contributed by atoms with Crippen LogP contribution in [0.4, 0.5) is 13.2 Å². The van der Waals surface area contributed by atoms with Crippen LogP contribution in [-0.2, 0) is 25.9 Å². The highest BCUT2D eigenvalue weighted by molar-refractivity contribution is 5.94. The molecule has 0 radical (unpaired) electrons. The average molecular weight is 469 g/mol. The van der Waals surface area contributed by atoms with Crippen LogP contribution in [0.25, 0.3) is 17.2 Å². The van der Waals surface area contributed by atoms with E-state index in [9.17, 15) is 18.0 Å². The van der Waals surface area contributed by atoms with Crippen molar-refractivity contribution in [2.24, 2.45) is 5.92 Å². The number of fused-ring (bicyclic) bond motifs is 2. The Kier molecular flexibility index (Phi) is 5.54. The van der Waals surface area contributed by atoms with Gasteiger partial charge in [-0.3, -0.25) is 9.20 Å². The molecule has 1 aliphatic rings. The fourth-order valence-corrected chi connectivity index (χ4v) is 4.16. The molecule has 34 heavy (non-hydrogen) atoms.